The van der Waals surface area contributed by atoms with Crippen molar-refractivity contribution < 1.29 is 8.78 Å². The SMILES string of the molecule is CC(F)(F)c1ccn(CC2CC3(CNC3)C2)c(=O)c1. The van der Waals surface area contributed by atoms with Crippen LogP contribution >= 0.6 is 0 Å². The van der Waals surface area contributed by atoms with Gasteiger partial charge in [-0.15, -0.1) is 0 Å². The van der Waals surface area contributed by atoms with Crippen LogP contribution in [0.25, 0.3) is 0 Å². The second-order valence-electron chi connectivity index (χ2n) is 6.17. The molecule has 1 spiro atoms. The molecule has 104 valence electrons. The number of nitrogens with one attached hydrogen (secondary N) is 1. The lowest BCUT2D eigenvalue weighted by atomic mass is 9.58. The Morgan fingerprint density at radius 2 is 2.16 bits per heavy atom. The Morgan fingerprint density at radius 3 is 2.63 bits per heavy atom. The van der Waals surface area contributed by atoms with Gasteiger partial charge in [-0.3, -0.25) is 4.79 Å². The van der Waals surface area contributed by atoms with E-state index in [2.05, 4.69) is 5.32 Å². The smallest absolute Gasteiger partial charge is 0.270 e. The monoisotopic (exact) mass is 268 g/mol. The van der Waals surface area contributed by atoms with Gasteiger partial charge in [-0.2, -0.15) is 0 Å². The van der Waals surface area contributed by atoms with Gasteiger partial charge in [0, 0.05) is 44.4 Å². The molecule has 2 fully saturated rings. The van der Waals surface area contributed by atoms with Crippen molar-refractivity contribution in [1.82, 2.24) is 9.88 Å². The summed E-state index contributed by atoms with van der Waals surface area (Å²) < 4.78 is 27.8. The molecule has 0 unspecified atom stereocenters. The fourth-order valence-corrected chi connectivity index (χ4v) is 3.27. The first-order valence-electron chi connectivity index (χ1n) is 6.68. The van der Waals surface area contributed by atoms with Gasteiger partial charge in [0.05, 0.1) is 0 Å². The predicted molar refractivity (Wildman–Crippen MR) is 68.3 cm³/mol. The van der Waals surface area contributed by atoms with E-state index in [9.17, 15) is 13.6 Å². The standard InChI is InChI=1S/C14H18F2N2O/c1-13(15,16)11-2-3-18(12(19)4-11)7-10-5-14(6-10)8-17-9-14/h2-4,10,17H,5-9H2,1H3. The van der Waals surface area contributed by atoms with Gasteiger partial charge in [0.1, 0.15) is 0 Å². The van der Waals surface area contributed by atoms with E-state index in [0.29, 0.717) is 17.9 Å². The molecule has 1 aromatic rings. The van der Waals surface area contributed by atoms with Crippen LogP contribution in [0.2, 0.25) is 0 Å². The number of rotatable bonds is 3. The third-order valence-corrected chi connectivity index (χ3v) is 4.40. The topological polar surface area (TPSA) is 34.0 Å². The molecule has 3 nitrogen and oxygen atoms in total. The fraction of sp³-hybridized carbons (Fsp3) is 0.643. The largest absolute Gasteiger partial charge is 0.316 e. The number of hydrogen-bond donors (Lipinski definition) is 1. The van der Waals surface area contributed by atoms with E-state index in [-0.39, 0.29) is 11.1 Å². The van der Waals surface area contributed by atoms with Gasteiger partial charge < -0.3 is 9.88 Å². The van der Waals surface area contributed by atoms with Crippen molar-refractivity contribution in [3.63, 3.8) is 0 Å². The molecule has 5 heteroatoms. The molecule has 2 aliphatic rings. The summed E-state index contributed by atoms with van der Waals surface area (Å²) in [6, 6.07) is 2.40. The molecule has 19 heavy (non-hydrogen) atoms. The Morgan fingerprint density at radius 1 is 1.47 bits per heavy atom. The normalized spacial score (nSPS) is 22.1. The Balaban J connectivity index is 1.67. The summed E-state index contributed by atoms with van der Waals surface area (Å²) in [5.41, 5.74) is -0.0567. The summed E-state index contributed by atoms with van der Waals surface area (Å²) in [5, 5.41) is 3.27. The minimum absolute atomic E-state index is 0.206. The maximum atomic E-state index is 13.1. The molecular formula is C14H18F2N2O. The summed E-state index contributed by atoms with van der Waals surface area (Å²) in [6.07, 6.45) is 3.77. The lowest BCUT2D eigenvalue weighted by Crippen LogP contribution is -2.60. The zero-order chi connectivity index (χ0) is 13.7. The van der Waals surface area contributed by atoms with Crippen LogP contribution in [0.15, 0.2) is 23.1 Å². The Hall–Kier alpha value is -1.23. The van der Waals surface area contributed by atoms with E-state index in [1.165, 1.54) is 12.3 Å². The van der Waals surface area contributed by atoms with Crippen LogP contribution in [0.1, 0.15) is 25.3 Å². The summed E-state index contributed by atoms with van der Waals surface area (Å²) in [4.78, 5) is 11.8. The van der Waals surface area contributed by atoms with Crippen LogP contribution in [0, 0.1) is 11.3 Å². The highest BCUT2D eigenvalue weighted by atomic mass is 19.3. The quantitative estimate of drug-likeness (QED) is 0.909. The van der Waals surface area contributed by atoms with Crippen molar-refractivity contribution in [2.45, 2.75) is 32.2 Å². The predicted octanol–water partition coefficient (Wildman–Crippen LogP) is 1.96. The number of nitrogens with zero attached hydrogens (tertiary/aromatic N) is 1. The lowest BCUT2D eigenvalue weighted by molar-refractivity contribution is -0.00772. The Labute approximate surface area is 110 Å². The Kier molecular flexibility index (Phi) is 2.78. The maximum Gasteiger partial charge on any atom is 0.270 e. The van der Waals surface area contributed by atoms with Crippen LogP contribution in [-0.2, 0) is 12.5 Å². The molecular weight excluding hydrogens is 250 g/mol. The van der Waals surface area contributed by atoms with Gasteiger partial charge in [0.15, 0.2) is 0 Å². The van der Waals surface area contributed by atoms with Crippen molar-refractivity contribution in [2.24, 2.45) is 11.3 Å². The Bertz CT molecular complexity index is 535. The molecule has 0 aromatic carbocycles. The molecule has 0 radical (unpaired) electrons. The van der Waals surface area contributed by atoms with Crippen LogP contribution < -0.4 is 10.9 Å². The van der Waals surface area contributed by atoms with E-state index in [0.717, 1.165) is 38.9 Å². The van der Waals surface area contributed by atoms with Crippen molar-refractivity contribution >= 4 is 0 Å². The lowest BCUT2D eigenvalue weighted by Gasteiger charge is -2.54. The van der Waals surface area contributed by atoms with Gasteiger partial charge in [0.25, 0.3) is 11.5 Å². The first-order valence-corrected chi connectivity index (χ1v) is 6.68. The van der Waals surface area contributed by atoms with E-state index in [1.54, 1.807) is 4.57 Å². The summed E-state index contributed by atoms with van der Waals surface area (Å²) in [7, 11) is 0. The number of pyridine rings is 1. The summed E-state index contributed by atoms with van der Waals surface area (Å²) in [5.74, 6) is -2.44. The summed E-state index contributed by atoms with van der Waals surface area (Å²) >= 11 is 0. The molecule has 0 amide bonds. The van der Waals surface area contributed by atoms with E-state index >= 15 is 0 Å². The molecule has 3 rings (SSSR count). The molecule has 1 aliphatic carbocycles. The second-order valence-corrected chi connectivity index (χ2v) is 6.17. The van der Waals surface area contributed by atoms with Crippen molar-refractivity contribution in [3.05, 3.63) is 34.2 Å². The minimum Gasteiger partial charge on any atom is -0.316 e. The third-order valence-electron chi connectivity index (χ3n) is 4.40. The molecule has 1 aliphatic heterocycles. The van der Waals surface area contributed by atoms with E-state index in [1.807, 2.05) is 0 Å². The molecule has 2 heterocycles. The summed E-state index contributed by atoms with van der Waals surface area (Å²) in [6.45, 7) is 3.63. The van der Waals surface area contributed by atoms with Gasteiger partial charge in [-0.1, -0.05) is 0 Å². The zero-order valence-corrected chi connectivity index (χ0v) is 11.0. The maximum absolute atomic E-state index is 13.1. The van der Waals surface area contributed by atoms with Crippen molar-refractivity contribution in [2.75, 3.05) is 13.1 Å². The van der Waals surface area contributed by atoms with Crippen LogP contribution in [0.3, 0.4) is 0 Å². The van der Waals surface area contributed by atoms with Crippen molar-refractivity contribution in [1.29, 1.82) is 0 Å². The number of aromatic nitrogens is 1. The molecule has 1 aromatic heterocycles. The van der Waals surface area contributed by atoms with Crippen LogP contribution in [0.4, 0.5) is 8.78 Å². The number of alkyl halides is 2. The first-order chi connectivity index (χ1) is 8.88. The molecule has 0 bridgehead atoms. The number of halogens is 2. The minimum atomic E-state index is -2.95. The first kappa shape index (κ1) is 12.8. The average molecular weight is 268 g/mol. The van der Waals surface area contributed by atoms with E-state index < -0.39 is 5.92 Å². The number of hydrogen-bond acceptors (Lipinski definition) is 2. The van der Waals surface area contributed by atoms with Crippen molar-refractivity contribution in [3.8, 4) is 0 Å². The average Bonchev–Trinajstić information content (AvgIpc) is 2.20. The van der Waals surface area contributed by atoms with Gasteiger partial charge in [0.2, 0.25) is 0 Å². The molecule has 1 N–H and O–H groups in total. The molecule has 1 saturated carbocycles. The highest BCUT2D eigenvalue weighted by molar-refractivity contribution is 5.16. The van der Waals surface area contributed by atoms with Gasteiger partial charge in [-0.05, 0) is 30.2 Å². The third kappa shape index (κ3) is 2.31. The van der Waals surface area contributed by atoms with Gasteiger partial charge in [-0.25, -0.2) is 8.78 Å². The van der Waals surface area contributed by atoms with Crippen LogP contribution in [0.5, 0.6) is 0 Å². The fourth-order valence-electron chi connectivity index (χ4n) is 3.27. The molecule has 0 atom stereocenters. The molecule has 1 saturated heterocycles. The van der Waals surface area contributed by atoms with Gasteiger partial charge >= 0.3 is 0 Å². The zero-order valence-electron chi connectivity index (χ0n) is 11.0. The highest BCUT2D eigenvalue weighted by Gasteiger charge is 2.48. The highest BCUT2D eigenvalue weighted by Crippen LogP contribution is 2.48. The van der Waals surface area contributed by atoms with Crippen LogP contribution in [-0.4, -0.2) is 17.7 Å². The second kappa shape index (κ2) is 4.13. The van der Waals surface area contributed by atoms with E-state index in [4.69, 9.17) is 0 Å².